The second kappa shape index (κ2) is 10.8. The van der Waals surface area contributed by atoms with Gasteiger partial charge in [0.2, 0.25) is 5.91 Å². The molecule has 2 amide bonds. The van der Waals surface area contributed by atoms with Crippen LogP contribution in [0.25, 0.3) is 0 Å². The normalized spacial score (nSPS) is 15.0. The quantitative estimate of drug-likeness (QED) is 0.602. The maximum absolute atomic E-state index is 12.2. The summed E-state index contributed by atoms with van der Waals surface area (Å²) in [5.41, 5.74) is 0.349. The first-order valence-electron chi connectivity index (χ1n) is 10.7. The minimum absolute atomic E-state index is 0.0237. The van der Waals surface area contributed by atoms with Crippen LogP contribution in [0.15, 0.2) is 18.3 Å². The van der Waals surface area contributed by atoms with E-state index in [-0.39, 0.29) is 11.8 Å². The lowest BCUT2D eigenvalue weighted by Crippen LogP contribution is -2.50. The van der Waals surface area contributed by atoms with E-state index in [4.69, 9.17) is 4.74 Å². The minimum Gasteiger partial charge on any atom is -0.444 e. The summed E-state index contributed by atoms with van der Waals surface area (Å²) in [5, 5.41) is 2.55. The van der Waals surface area contributed by atoms with Gasteiger partial charge < -0.3 is 19.9 Å². The van der Waals surface area contributed by atoms with Gasteiger partial charge in [0, 0.05) is 26.2 Å². The Kier molecular flexibility index (Phi) is 8.67. The Bertz CT molecular complexity index is 842. The molecule has 1 fully saturated rings. The third-order valence-electron chi connectivity index (χ3n) is 4.72. The lowest BCUT2D eigenvalue weighted by molar-refractivity contribution is -0.113. The molecular weight excluding hydrogens is 420 g/mol. The van der Waals surface area contributed by atoms with Crippen molar-refractivity contribution in [3.8, 4) is 0 Å². The van der Waals surface area contributed by atoms with Gasteiger partial charge in [-0.25, -0.2) is 18.2 Å². The molecule has 0 saturated carbocycles. The average molecular weight is 455 g/mol. The number of carbonyl (C=O) groups is 2. The Balaban J connectivity index is 1.83. The number of piperazine rings is 1. The van der Waals surface area contributed by atoms with E-state index in [1.54, 1.807) is 17.2 Å². The summed E-state index contributed by atoms with van der Waals surface area (Å²) < 4.78 is 29.4. The van der Waals surface area contributed by atoms with Gasteiger partial charge in [-0.3, -0.25) is 4.79 Å². The van der Waals surface area contributed by atoms with E-state index >= 15 is 0 Å². The summed E-state index contributed by atoms with van der Waals surface area (Å²) in [6.07, 6.45) is 3.64. The molecular formula is C21H34N4O5S. The molecule has 0 bridgehead atoms. The Morgan fingerprint density at radius 1 is 1.13 bits per heavy atom. The number of hydrogen-bond acceptors (Lipinski definition) is 7. The molecule has 0 atom stereocenters. The molecule has 31 heavy (non-hydrogen) atoms. The Labute approximate surface area is 185 Å². The van der Waals surface area contributed by atoms with Gasteiger partial charge in [0.05, 0.1) is 17.6 Å². The number of sulfone groups is 1. The topological polar surface area (TPSA) is 109 Å². The van der Waals surface area contributed by atoms with Crippen molar-refractivity contribution in [2.75, 3.05) is 47.9 Å². The predicted molar refractivity (Wildman–Crippen MR) is 121 cm³/mol. The highest BCUT2D eigenvalue weighted by molar-refractivity contribution is 7.92. The molecule has 2 heterocycles. The number of rotatable bonds is 8. The van der Waals surface area contributed by atoms with Crippen LogP contribution >= 0.6 is 0 Å². The van der Waals surface area contributed by atoms with E-state index in [2.05, 4.69) is 15.2 Å². The van der Waals surface area contributed by atoms with Crippen molar-refractivity contribution in [2.45, 2.75) is 52.6 Å². The van der Waals surface area contributed by atoms with E-state index in [1.165, 1.54) is 0 Å². The highest BCUT2D eigenvalue weighted by atomic mass is 32.2. The molecule has 9 nitrogen and oxygen atoms in total. The molecule has 174 valence electrons. The van der Waals surface area contributed by atoms with Crippen molar-refractivity contribution in [3.05, 3.63) is 18.3 Å². The van der Waals surface area contributed by atoms with Crippen LogP contribution < -0.4 is 10.2 Å². The van der Waals surface area contributed by atoms with Gasteiger partial charge in [0.1, 0.15) is 17.2 Å². The molecule has 0 aliphatic carbocycles. The smallest absolute Gasteiger partial charge is 0.410 e. The molecule has 1 saturated heterocycles. The number of aromatic nitrogens is 1. The van der Waals surface area contributed by atoms with Crippen LogP contribution in [0.2, 0.25) is 0 Å². The second-order valence-electron chi connectivity index (χ2n) is 8.70. The Morgan fingerprint density at radius 2 is 1.81 bits per heavy atom. The average Bonchev–Trinajstić information content (AvgIpc) is 2.67. The van der Waals surface area contributed by atoms with Gasteiger partial charge in [0.25, 0.3) is 0 Å². The Hall–Kier alpha value is -2.36. The Morgan fingerprint density at radius 3 is 2.35 bits per heavy atom. The zero-order chi connectivity index (χ0) is 23.1. The van der Waals surface area contributed by atoms with Crippen molar-refractivity contribution in [1.29, 1.82) is 0 Å². The number of unbranched alkanes of at least 4 members (excludes halogenated alkanes) is 2. The summed E-state index contributed by atoms with van der Waals surface area (Å²) >= 11 is 0. The van der Waals surface area contributed by atoms with Crippen molar-refractivity contribution < 1.29 is 22.7 Å². The number of hydrogen-bond donors (Lipinski definition) is 1. The highest BCUT2D eigenvalue weighted by Gasteiger charge is 2.26. The van der Waals surface area contributed by atoms with E-state index in [9.17, 15) is 18.0 Å². The molecule has 1 aromatic heterocycles. The first-order valence-corrected chi connectivity index (χ1v) is 12.5. The zero-order valence-electron chi connectivity index (χ0n) is 18.9. The highest BCUT2D eigenvalue weighted by Crippen LogP contribution is 2.18. The molecule has 0 spiro atoms. The van der Waals surface area contributed by atoms with Crippen LogP contribution in [0.1, 0.15) is 47.0 Å². The number of carbonyl (C=O) groups excluding carboxylic acids is 2. The largest absolute Gasteiger partial charge is 0.444 e. The summed E-state index contributed by atoms with van der Waals surface area (Å²) in [4.78, 5) is 32.2. The maximum Gasteiger partial charge on any atom is 0.410 e. The van der Waals surface area contributed by atoms with Crippen LogP contribution in [-0.2, 0) is 19.4 Å². The molecule has 0 unspecified atom stereocenters. The fourth-order valence-electron chi connectivity index (χ4n) is 3.14. The van der Waals surface area contributed by atoms with Crippen LogP contribution in [-0.4, -0.2) is 73.6 Å². The van der Waals surface area contributed by atoms with Gasteiger partial charge >= 0.3 is 6.09 Å². The fourth-order valence-corrected chi connectivity index (χ4v) is 4.40. The molecule has 0 aromatic carbocycles. The fraction of sp³-hybridized carbons (Fsp3) is 0.667. The van der Waals surface area contributed by atoms with E-state index < -0.39 is 27.1 Å². The molecule has 0 radical (unpaired) electrons. The van der Waals surface area contributed by atoms with Gasteiger partial charge in [0.15, 0.2) is 9.84 Å². The predicted octanol–water partition coefficient (Wildman–Crippen LogP) is 2.68. The lowest BCUT2D eigenvalue weighted by Gasteiger charge is -2.36. The molecule has 1 aromatic rings. The van der Waals surface area contributed by atoms with Gasteiger partial charge in [-0.05, 0) is 39.3 Å². The second-order valence-corrected chi connectivity index (χ2v) is 10.9. The number of ether oxygens (including phenoxy) is 1. The molecule has 2 rings (SSSR count). The van der Waals surface area contributed by atoms with Crippen LogP contribution in [0, 0.1) is 0 Å². The van der Waals surface area contributed by atoms with Crippen molar-refractivity contribution >= 4 is 33.3 Å². The van der Waals surface area contributed by atoms with Gasteiger partial charge in [-0.15, -0.1) is 0 Å². The zero-order valence-corrected chi connectivity index (χ0v) is 19.7. The number of nitrogens with zero attached hydrogens (tertiary/aromatic N) is 3. The van der Waals surface area contributed by atoms with E-state index in [0.29, 0.717) is 38.4 Å². The van der Waals surface area contributed by atoms with Gasteiger partial charge in [-0.2, -0.15) is 0 Å². The summed E-state index contributed by atoms with van der Waals surface area (Å²) in [5.74, 6) is -0.782. The SMILES string of the molecule is CCCCCS(=O)(=O)CC(=O)Nc1ccc(N2CCN(C(=O)OC(C)(C)C)CC2)cn1. The monoisotopic (exact) mass is 454 g/mol. The van der Waals surface area contributed by atoms with E-state index in [0.717, 1.165) is 18.5 Å². The first-order chi connectivity index (χ1) is 14.5. The number of pyridine rings is 1. The molecule has 10 heteroatoms. The van der Waals surface area contributed by atoms with Crippen LogP contribution in [0.3, 0.4) is 0 Å². The third kappa shape index (κ3) is 8.72. The lowest BCUT2D eigenvalue weighted by atomic mass is 10.2. The van der Waals surface area contributed by atoms with Crippen molar-refractivity contribution in [3.63, 3.8) is 0 Å². The van der Waals surface area contributed by atoms with Crippen molar-refractivity contribution in [2.24, 2.45) is 0 Å². The number of nitrogens with one attached hydrogen (secondary N) is 1. The first kappa shape index (κ1) is 24.9. The van der Waals surface area contributed by atoms with Crippen LogP contribution in [0.5, 0.6) is 0 Å². The summed E-state index contributed by atoms with van der Waals surface area (Å²) in [6, 6.07) is 3.47. The summed E-state index contributed by atoms with van der Waals surface area (Å²) in [7, 11) is -3.41. The summed E-state index contributed by atoms with van der Waals surface area (Å²) in [6.45, 7) is 9.90. The van der Waals surface area contributed by atoms with Gasteiger partial charge in [-0.1, -0.05) is 19.8 Å². The standard InChI is InChI=1S/C21H34N4O5S/c1-5-6-7-14-31(28,29)16-19(26)23-18-9-8-17(15-22-18)24-10-12-25(13-11-24)20(27)30-21(2,3)4/h8-9,15H,5-7,10-14,16H2,1-4H3,(H,22,23,26). The number of amides is 2. The van der Waals surface area contributed by atoms with Crippen LogP contribution in [0.4, 0.5) is 16.3 Å². The minimum atomic E-state index is -3.41. The molecule has 1 aliphatic rings. The molecule has 1 N–H and O–H groups in total. The van der Waals surface area contributed by atoms with Crippen molar-refractivity contribution in [1.82, 2.24) is 9.88 Å². The maximum atomic E-state index is 12.2. The van der Waals surface area contributed by atoms with E-state index in [1.807, 2.05) is 33.8 Å². The molecule has 1 aliphatic heterocycles. The third-order valence-corrected chi connectivity index (χ3v) is 6.33. The number of anilines is 2.